The Morgan fingerprint density at radius 3 is 2.24 bits per heavy atom. The molecule has 5 rings (SSSR count). The van der Waals surface area contributed by atoms with Crippen LogP contribution in [-0.4, -0.2) is 63.8 Å². The third-order valence-corrected chi connectivity index (χ3v) is 7.66. The quantitative estimate of drug-likeness (QED) is 0.373. The van der Waals surface area contributed by atoms with Crippen LogP contribution in [0.25, 0.3) is 0 Å². The molecule has 1 N–H and O–H groups in total. The Balaban J connectivity index is 1.36. The van der Waals surface area contributed by atoms with Gasteiger partial charge in [-0.25, -0.2) is 9.18 Å². The second-order valence-electron chi connectivity index (χ2n) is 10.8. The molecule has 2 fully saturated rings. The van der Waals surface area contributed by atoms with Crippen molar-refractivity contribution in [1.82, 2.24) is 20.0 Å². The van der Waals surface area contributed by atoms with Crippen LogP contribution in [0.15, 0.2) is 78.9 Å². The molecule has 3 aromatic carbocycles. The van der Waals surface area contributed by atoms with Crippen molar-refractivity contribution in [1.29, 1.82) is 0 Å². The maximum absolute atomic E-state index is 13.9. The first-order valence-electron chi connectivity index (χ1n) is 14.2. The molecule has 13 heteroatoms. The van der Waals surface area contributed by atoms with Gasteiger partial charge in [0.1, 0.15) is 24.6 Å². The van der Waals surface area contributed by atoms with Gasteiger partial charge in [-0.2, -0.15) is 13.2 Å². The maximum atomic E-state index is 13.9. The molecule has 2 aliphatic heterocycles. The topological polar surface area (TPSA) is 99.3 Å². The minimum atomic E-state index is -4.80. The molecular weight excluding hydrogens is 596 g/mol. The average molecular weight is 627 g/mol. The number of amides is 4. The van der Waals surface area contributed by atoms with Crippen molar-refractivity contribution in [2.75, 3.05) is 13.1 Å². The van der Waals surface area contributed by atoms with Crippen molar-refractivity contribution in [3.05, 3.63) is 107 Å². The van der Waals surface area contributed by atoms with E-state index in [0.717, 1.165) is 17.2 Å². The number of nitrogens with one attached hydrogen (secondary N) is 1. The molecule has 0 bridgehead atoms. The van der Waals surface area contributed by atoms with Crippen molar-refractivity contribution in [2.45, 2.75) is 50.9 Å². The number of carbonyl (C=O) groups excluding carboxylic acids is 4. The number of carbonyl (C=O) groups is 4. The van der Waals surface area contributed by atoms with Gasteiger partial charge in [-0.3, -0.25) is 19.3 Å². The molecule has 236 valence electrons. The van der Waals surface area contributed by atoms with Gasteiger partial charge in [0.05, 0.1) is 18.5 Å². The summed E-state index contributed by atoms with van der Waals surface area (Å²) < 4.78 is 58.7. The Labute approximate surface area is 256 Å². The minimum Gasteiger partial charge on any atom is -0.444 e. The fourth-order valence-corrected chi connectivity index (χ4v) is 5.51. The highest BCUT2D eigenvalue weighted by atomic mass is 19.4. The van der Waals surface area contributed by atoms with Crippen molar-refractivity contribution >= 4 is 23.8 Å². The second-order valence-corrected chi connectivity index (χ2v) is 10.8. The van der Waals surface area contributed by atoms with Crippen LogP contribution < -0.4 is 5.32 Å². The highest BCUT2D eigenvalue weighted by Gasteiger charge is 2.49. The molecule has 0 spiro atoms. The largest absolute Gasteiger partial charge is 0.444 e. The summed E-state index contributed by atoms with van der Waals surface area (Å²) in [5.41, 5.74) is 0.194. The smallest absolute Gasteiger partial charge is 0.416 e. The zero-order valence-corrected chi connectivity index (χ0v) is 24.0. The Morgan fingerprint density at radius 2 is 1.58 bits per heavy atom. The summed E-state index contributed by atoms with van der Waals surface area (Å²) in [5, 5.41) is 2.77. The van der Waals surface area contributed by atoms with Gasteiger partial charge in [-0.05, 0) is 34.9 Å². The number of piperazine rings is 1. The molecule has 2 aliphatic rings. The van der Waals surface area contributed by atoms with Crippen LogP contribution in [0.4, 0.5) is 22.4 Å². The van der Waals surface area contributed by atoms with Crippen molar-refractivity contribution in [3.8, 4) is 0 Å². The maximum Gasteiger partial charge on any atom is 0.416 e. The number of hydrogen-bond donors (Lipinski definition) is 1. The zero-order valence-electron chi connectivity index (χ0n) is 24.0. The van der Waals surface area contributed by atoms with Crippen LogP contribution in [0, 0.1) is 5.82 Å². The van der Waals surface area contributed by atoms with E-state index in [2.05, 4.69) is 5.32 Å². The standard InChI is InChI=1S/C32H30F4N4O5/c33-25-14-23(13-24(15-25)32(34,35)36)20-45-31(44)39-12-11-29(42)40-26(16-27(41)37-17-21-7-3-1-4-8-21)30(43)38(19-28(39)40)18-22-9-5-2-6-10-22/h1-10,13-15,26,28H,11-12,16-20H2,(H,37,41)/t26-,28+/m0/s1. The summed E-state index contributed by atoms with van der Waals surface area (Å²) in [5.74, 6) is -2.51. The van der Waals surface area contributed by atoms with Crippen molar-refractivity contribution in [2.24, 2.45) is 0 Å². The van der Waals surface area contributed by atoms with E-state index in [1.807, 2.05) is 48.5 Å². The molecule has 45 heavy (non-hydrogen) atoms. The number of benzene rings is 3. The lowest BCUT2D eigenvalue weighted by atomic mass is 10.0. The van der Waals surface area contributed by atoms with Gasteiger partial charge in [0.15, 0.2) is 0 Å². The monoisotopic (exact) mass is 626 g/mol. The molecule has 0 radical (unpaired) electrons. The van der Waals surface area contributed by atoms with Crippen LogP contribution >= 0.6 is 0 Å². The number of ether oxygens (including phenoxy) is 1. The minimum absolute atomic E-state index is 0.0872. The lowest BCUT2D eigenvalue weighted by Gasteiger charge is -2.51. The lowest BCUT2D eigenvalue weighted by Crippen LogP contribution is -2.71. The Hall–Kier alpha value is -4.94. The predicted molar refractivity (Wildman–Crippen MR) is 152 cm³/mol. The van der Waals surface area contributed by atoms with Crippen molar-refractivity contribution < 1.29 is 41.5 Å². The molecule has 0 aromatic heterocycles. The first-order valence-corrected chi connectivity index (χ1v) is 14.2. The van der Waals surface area contributed by atoms with Gasteiger partial charge in [0.2, 0.25) is 17.7 Å². The van der Waals surface area contributed by atoms with E-state index >= 15 is 0 Å². The van der Waals surface area contributed by atoms with Gasteiger partial charge in [0, 0.05) is 26.1 Å². The second kappa shape index (κ2) is 13.4. The van der Waals surface area contributed by atoms with Gasteiger partial charge in [0.25, 0.3) is 0 Å². The number of hydrogen-bond acceptors (Lipinski definition) is 5. The van der Waals surface area contributed by atoms with Crippen LogP contribution in [0.1, 0.15) is 35.1 Å². The van der Waals surface area contributed by atoms with E-state index in [-0.39, 0.29) is 44.6 Å². The third-order valence-electron chi connectivity index (χ3n) is 7.66. The zero-order chi connectivity index (χ0) is 32.1. The van der Waals surface area contributed by atoms with Gasteiger partial charge < -0.3 is 19.9 Å². The molecule has 0 unspecified atom stereocenters. The Morgan fingerprint density at radius 1 is 0.911 bits per heavy atom. The molecule has 3 aromatic rings. The van der Waals surface area contributed by atoms with Crippen LogP contribution in [0.3, 0.4) is 0 Å². The highest BCUT2D eigenvalue weighted by molar-refractivity contribution is 5.94. The molecule has 0 saturated carbocycles. The number of alkyl halides is 3. The first-order chi connectivity index (χ1) is 21.5. The summed E-state index contributed by atoms with van der Waals surface area (Å²) in [6.07, 6.45) is -7.29. The van der Waals surface area contributed by atoms with E-state index in [1.165, 1.54) is 14.7 Å². The predicted octanol–water partition coefficient (Wildman–Crippen LogP) is 4.46. The fraction of sp³-hybridized carbons (Fsp3) is 0.312. The molecule has 4 amide bonds. The van der Waals surface area contributed by atoms with Gasteiger partial charge in [-0.1, -0.05) is 60.7 Å². The number of rotatable bonds is 8. The van der Waals surface area contributed by atoms with E-state index in [1.54, 1.807) is 12.1 Å². The SMILES string of the molecule is O=C(C[C@H]1C(=O)N(Cc2ccccc2)C[C@@H]2N(C(=O)OCc3cc(F)cc(C(F)(F)F)c3)CCC(=O)N21)NCc1ccccc1. The average Bonchev–Trinajstić information content (AvgIpc) is 3.01. The van der Waals surface area contributed by atoms with E-state index in [4.69, 9.17) is 4.74 Å². The van der Waals surface area contributed by atoms with Crippen LogP contribution in [-0.2, 0) is 45.0 Å². The first kappa shape index (κ1) is 31.5. The molecule has 2 atom stereocenters. The summed E-state index contributed by atoms with van der Waals surface area (Å²) in [4.78, 5) is 57.2. The number of nitrogens with zero attached hydrogens (tertiary/aromatic N) is 3. The molecule has 2 saturated heterocycles. The van der Waals surface area contributed by atoms with Crippen LogP contribution in [0.5, 0.6) is 0 Å². The van der Waals surface area contributed by atoms with Crippen molar-refractivity contribution in [3.63, 3.8) is 0 Å². The summed E-state index contributed by atoms with van der Waals surface area (Å²) >= 11 is 0. The fourth-order valence-electron chi connectivity index (χ4n) is 5.51. The number of halogens is 4. The van der Waals surface area contributed by atoms with Gasteiger partial charge >= 0.3 is 12.3 Å². The normalized spacial score (nSPS) is 18.4. The summed E-state index contributed by atoms with van der Waals surface area (Å²) in [6.45, 7) is -0.479. The molecular formula is C32H30F4N4O5. The molecule has 2 heterocycles. The van der Waals surface area contributed by atoms with E-state index in [0.29, 0.717) is 12.1 Å². The van der Waals surface area contributed by atoms with Crippen LogP contribution in [0.2, 0.25) is 0 Å². The number of fused-ring (bicyclic) bond motifs is 1. The lowest BCUT2D eigenvalue weighted by molar-refractivity contribution is -0.169. The Kier molecular flexibility index (Phi) is 9.35. The summed E-state index contributed by atoms with van der Waals surface area (Å²) in [7, 11) is 0. The highest BCUT2D eigenvalue weighted by Crippen LogP contribution is 2.31. The molecule has 0 aliphatic carbocycles. The van der Waals surface area contributed by atoms with Gasteiger partial charge in [-0.15, -0.1) is 0 Å². The van der Waals surface area contributed by atoms with E-state index < -0.39 is 60.2 Å². The summed E-state index contributed by atoms with van der Waals surface area (Å²) in [6, 6.07) is 18.8. The van der Waals surface area contributed by atoms with E-state index in [9.17, 15) is 36.7 Å². The Bertz CT molecular complexity index is 1550. The third kappa shape index (κ3) is 7.59. The molecule has 9 nitrogen and oxygen atoms in total.